The number of hydrogen-bond acceptors (Lipinski definition) is 4. The van der Waals surface area contributed by atoms with E-state index in [-0.39, 0.29) is 12.2 Å². The topological polar surface area (TPSA) is 55.8 Å². The highest BCUT2D eigenvalue weighted by atomic mass is 19.1. The Hall–Kier alpha value is -1.62. The van der Waals surface area contributed by atoms with Crippen molar-refractivity contribution in [2.24, 2.45) is 0 Å². The van der Waals surface area contributed by atoms with E-state index in [9.17, 15) is 14.3 Å². The Morgan fingerprint density at radius 3 is 3.12 bits per heavy atom. The molecule has 0 fully saturated rings. The van der Waals surface area contributed by atoms with E-state index in [0.29, 0.717) is 24.3 Å². The van der Waals surface area contributed by atoms with Gasteiger partial charge in [-0.05, 0) is 19.1 Å². The van der Waals surface area contributed by atoms with Crippen LogP contribution >= 0.6 is 0 Å². The van der Waals surface area contributed by atoms with Gasteiger partial charge in [-0.15, -0.1) is 0 Å². The number of aliphatic hydroxyl groups is 1. The zero-order chi connectivity index (χ0) is 12.4. The molecule has 17 heavy (non-hydrogen) atoms. The van der Waals surface area contributed by atoms with E-state index in [4.69, 9.17) is 4.74 Å². The molecule has 0 aromatic heterocycles. The summed E-state index contributed by atoms with van der Waals surface area (Å²) < 4.78 is 23.8. The van der Waals surface area contributed by atoms with E-state index < -0.39 is 17.9 Å². The van der Waals surface area contributed by atoms with Gasteiger partial charge in [0.05, 0.1) is 13.2 Å². The van der Waals surface area contributed by atoms with Gasteiger partial charge in [0.2, 0.25) is 0 Å². The van der Waals surface area contributed by atoms with E-state index >= 15 is 0 Å². The molecule has 1 aliphatic rings. The maximum absolute atomic E-state index is 14.0. The van der Waals surface area contributed by atoms with Gasteiger partial charge in [-0.2, -0.15) is 0 Å². The van der Waals surface area contributed by atoms with Crippen LogP contribution in [0.3, 0.4) is 0 Å². The quantitative estimate of drug-likeness (QED) is 0.810. The Morgan fingerprint density at radius 2 is 2.41 bits per heavy atom. The van der Waals surface area contributed by atoms with Crippen molar-refractivity contribution in [1.82, 2.24) is 0 Å². The van der Waals surface area contributed by atoms with Crippen molar-refractivity contribution >= 4 is 5.97 Å². The van der Waals surface area contributed by atoms with Gasteiger partial charge < -0.3 is 14.6 Å². The average molecular weight is 240 g/mol. The predicted octanol–water partition coefficient (Wildman–Crippen LogP) is 1.36. The van der Waals surface area contributed by atoms with Gasteiger partial charge in [0.15, 0.2) is 6.10 Å². The van der Waals surface area contributed by atoms with E-state index in [1.54, 1.807) is 13.0 Å². The first-order chi connectivity index (χ1) is 8.15. The van der Waals surface area contributed by atoms with Crippen LogP contribution in [0.15, 0.2) is 12.1 Å². The van der Waals surface area contributed by atoms with E-state index in [0.717, 1.165) is 0 Å². The molecule has 1 heterocycles. The predicted molar refractivity (Wildman–Crippen MR) is 57.2 cm³/mol. The minimum Gasteiger partial charge on any atom is -0.493 e. The molecular weight excluding hydrogens is 227 g/mol. The Kier molecular flexibility index (Phi) is 3.28. The standard InChI is InChI=1S/C12H13FO4/c1-2-16-12(15)11(14)8-3-4-9-7(10(8)13)5-6-17-9/h3-4,11,14H,2,5-6H2,1H3. The first-order valence-corrected chi connectivity index (χ1v) is 5.44. The number of fused-ring (bicyclic) bond motifs is 1. The summed E-state index contributed by atoms with van der Waals surface area (Å²) in [6, 6.07) is 2.91. The molecule has 1 atom stereocenters. The lowest BCUT2D eigenvalue weighted by atomic mass is 10.0. The van der Waals surface area contributed by atoms with E-state index in [2.05, 4.69) is 4.74 Å². The second kappa shape index (κ2) is 4.71. The van der Waals surface area contributed by atoms with Gasteiger partial charge in [-0.3, -0.25) is 0 Å². The highest BCUT2D eigenvalue weighted by molar-refractivity contribution is 5.76. The molecule has 0 amide bonds. The molecule has 0 radical (unpaired) electrons. The van der Waals surface area contributed by atoms with Gasteiger partial charge in [-0.1, -0.05) is 0 Å². The third kappa shape index (κ3) is 2.10. The molecule has 1 unspecified atom stereocenters. The Bertz CT molecular complexity index is 444. The average Bonchev–Trinajstić information content (AvgIpc) is 2.78. The Balaban J connectivity index is 2.30. The van der Waals surface area contributed by atoms with Gasteiger partial charge >= 0.3 is 5.97 Å². The summed E-state index contributed by atoms with van der Waals surface area (Å²) in [4.78, 5) is 11.3. The molecule has 1 aromatic rings. The van der Waals surface area contributed by atoms with Crippen LogP contribution in [-0.2, 0) is 16.0 Å². The molecule has 0 spiro atoms. The zero-order valence-corrected chi connectivity index (χ0v) is 9.40. The SMILES string of the molecule is CCOC(=O)C(O)c1ccc2c(c1F)CCO2. The molecule has 1 aromatic carbocycles. The molecule has 0 saturated heterocycles. The second-order valence-corrected chi connectivity index (χ2v) is 3.70. The molecule has 4 nitrogen and oxygen atoms in total. The Labute approximate surface area is 98.0 Å². The molecule has 0 bridgehead atoms. The van der Waals surface area contributed by atoms with Crippen molar-refractivity contribution in [3.63, 3.8) is 0 Å². The van der Waals surface area contributed by atoms with Crippen LogP contribution in [0.1, 0.15) is 24.2 Å². The third-order valence-corrected chi connectivity index (χ3v) is 2.64. The summed E-state index contributed by atoms with van der Waals surface area (Å²) in [6.45, 7) is 2.19. The fourth-order valence-electron chi connectivity index (χ4n) is 1.81. The number of hydrogen-bond donors (Lipinski definition) is 1. The lowest BCUT2D eigenvalue weighted by Crippen LogP contribution is -2.17. The van der Waals surface area contributed by atoms with Crippen molar-refractivity contribution in [2.75, 3.05) is 13.2 Å². The van der Waals surface area contributed by atoms with Crippen LogP contribution in [0.5, 0.6) is 5.75 Å². The minimum absolute atomic E-state index is 0.0623. The monoisotopic (exact) mass is 240 g/mol. The number of rotatable bonds is 3. The number of aliphatic hydroxyl groups excluding tert-OH is 1. The maximum Gasteiger partial charge on any atom is 0.339 e. The molecule has 0 saturated carbocycles. The van der Waals surface area contributed by atoms with Crippen LogP contribution in [0.4, 0.5) is 4.39 Å². The summed E-state index contributed by atoms with van der Waals surface area (Å²) >= 11 is 0. The van der Waals surface area contributed by atoms with Gasteiger partial charge in [0.1, 0.15) is 11.6 Å². The van der Waals surface area contributed by atoms with Crippen molar-refractivity contribution in [3.05, 3.63) is 29.1 Å². The molecule has 5 heteroatoms. The number of esters is 1. The fourth-order valence-corrected chi connectivity index (χ4v) is 1.81. The molecule has 2 rings (SSSR count). The number of carbonyl (C=O) groups excluding carboxylic acids is 1. The molecule has 1 N–H and O–H groups in total. The van der Waals surface area contributed by atoms with Crippen molar-refractivity contribution in [2.45, 2.75) is 19.4 Å². The van der Waals surface area contributed by atoms with Crippen LogP contribution in [0, 0.1) is 5.82 Å². The number of halogens is 1. The molecule has 0 aliphatic carbocycles. The number of ether oxygens (including phenoxy) is 2. The summed E-state index contributed by atoms with van der Waals surface area (Å²) in [6.07, 6.45) is -1.13. The van der Waals surface area contributed by atoms with Crippen LogP contribution in [0.2, 0.25) is 0 Å². The maximum atomic E-state index is 14.0. The smallest absolute Gasteiger partial charge is 0.339 e. The van der Waals surface area contributed by atoms with Crippen LogP contribution in [0.25, 0.3) is 0 Å². The van der Waals surface area contributed by atoms with Gasteiger partial charge in [0.25, 0.3) is 0 Å². The van der Waals surface area contributed by atoms with Crippen molar-refractivity contribution in [1.29, 1.82) is 0 Å². The first-order valence-electron chi connectivity index (χ1n) is 5.44. The highest BCUT2D eigenvalue weighted by Gasteiger charge is 2.27. The summed E-state index contributed by atoms with van der Waals surface area (Å²) in [5.41, 5.74) is 0.346. The lowest BCUT2D eigenvalue weighted by molar-refractivity contribution is -0.153. The summed E-state index contributed by atoms with van der Waals surface area (Å²) in [7, 11) is 0. The van der Waals surface area contributed by atoms with Crippen molar-refractivity contribution < 1.29 is 23.8 Å². The second-order valence-electron chi connectivity index (χ2n) is 3.70. The minimum atomic E-state index is -1.58. The van der Waals surface area contributed by atoms with E-state index in [1.165, 1.54) is 6.07 Å². The normalized spacial score (nSPS) is 15.0. The van der Waals surface area contributed by atoms with E-state index in [1.807, 2.05) is 0 Å². The third-order valence-electron chi connectivity index (χ3n) is 2.64. The molecule has 1 aliphatic heterocycles. The largest absolute Gasteiger partial charge is 0.493 e. The first kappa shape index (κ1) is 11.9. The van der Waals surface area contributed by atoms with Gasteiger partial charge in [0, 0.05) is 17.5 Å². The highest BCUT2D eigenvalue weighted by Crippen LogP contribution is 2.32. The number of benzene rings is 1. The summed E-state index contributed by atoms with van der Waals surface area (Å²) in [5, 5.41) is 9.68. The molecular formula is C12H13FO4. The fraction of sp³-hybridized carbons (Fsp3) is 0.417. The zero-order valence-electron chi connectivity index (χ0n) is 9.40. The van der Waals surface area contributed by atoms with Crippen LogP contribution < -0.4 is 4.74 Å². The Morgan fingerprint density at radius 1 is 1.65 bits per heavy atom. The number of carbonyl (C=O) groups is 1. The summed E-state index contributed by atoms with van der Waals surface area (Å²) in [5.74, 6) is -0.951. The lowest BCUT2D eigenvalue weighted by Gasteiger charge is -2.12. The van der Waals surface area contributed by atoms with Crippen molar-refractivity contribution in [3.8, 4) is 5.75 Å². The van der Waals surface area contributed by atoms with Crippen LogP contribution in [-0.4, -0.2) is 24.3 Å². The van der Waals surface area contributed by atoms with Gasteiger partial charge in [-0.25, -0.2) is 9.18 Å². The molecule has 92 valence electrons.